The lowest BCUT2D eigenvalue weighted by Crippen LogP contribution is -2.33. The zero-order valence-corrected chi connectivity index (χ0v) is 16.4. The van der Waals surface area contributed by atoms with Crippen LogP contribution in [0.25, 0.3) is 0 Å². The van der Waals surface area contributed by atoms with E-state index in [1.807, 2.05) is 6.92 Å². The maximum absolute atomic E-state index is 11.7. The first-order valence-electron chi connectivity index (χ1n) is 8.96. The second-order valence-corrected chi connectivity index (χ2v) is 7.53. The topological polar surface area (TPSA) is 86.1 Å². The number of β-amino-alcohol motifs (C(OH)–C–C–N with tert-alkyl or cyclic N) is 1. The Labute approximate surface area is 162 Å². The van der Waals surface area contributed by atoms with Gasteiger partial charge < -0.3 is 19.8 Å². The number of aliphatic hydroxyl groups excluding tert-OH is 1. The summed E-state index contributed by atoms with van der Waals surface area (Å²) in [6.45, 7) is 6.00. The van der Waals surface area contributed by atoms with Crippen LogP contribution in [0.2, 0.25) is 0 Å². The molecule has 0 saturated carbocycles. The molecule has 1 saturated heterocycles. The van der Waals surface area contributed by atoms with Crippen LogP contribution in [0.5, 0.6) is 5.75 Å². The molecule has 2 heterocycles. The maximum Gasteiger partial charge on any atom is 0.341 e. The average Bonchev–Trinajstić information content (AvgIpc) is 2.96. The van der Waals surface area contributed by atoms with Crippen LogP contribution in [-0.2, 0) is 4.74 Å². The summed E-state index contributed by atoms with van der Waals surface area (Å²) in [5.41, 5.74) is 1.69. The van der Waals surface area contributed by atoms with E-state index in [2.05, 4.69) is 24.9 Å². The Bertz CT molecular complexity index is 795. The fourth-order valence-electron chi connectivity index (χ4n) is 3.22. The number of aliphatic hydroxyl groups is 1. The molecule has 0 aliphatic carbocycles. The lowest BCUT2D eigenvalue weighted by molar-refractivity contribution is 0.0596. The van der Waals surface area contributed by atoms with Gasteiger partial charge in [0.2, 0.25) is 0 Å². The second kappa shape index (κ2) is 8.69. The first-order valence-corrected chi connectivity index (χ1v) is 9.84. The van der Waals surface area contributed by atoms with E-state index in [1.54, 1.807) is 17.4 Å². The van der Waals surface area contributed by atoms with Gasteiger partial charge in [-0.1, -0.05) is 6.07 Å². The number of nitrogens with zero attached hydrogens (tertiary/aromatic N) is 3. The number of methoxy groups -OCH3 is 1. The fraction of sp³-hybridized carbons (Fsp3) is 0.474. The Balaban J connectivity index is 1.62. The van der Waals surface area contributed by atoms with Crippen LogP contribution in [0.15, 0.2) is 23.6 Å². The number of anilines is 1. The Morgan fingerprint density at radius 2 is 2.15 bits per heavy atom. The molecular weight excluding hydrogens is 366 g/mol. The summed E-state index contributed by atoms with van der Waals surface area (Å²) in [7, 11) is 1.26. The molecule has 7 nitrogen and oxygen atoms in total. The normalized spacial score (nSPS) is 16.8. The number of aromatic nitrogens is 1. The van der Waals surface area contributed by atoms with Crippen molar-refractivity contribution in [2.75, 3.05) is 44.7 Å². The standard InChI is InChI=1S/C19H25N3O4S/c1-13-12-27-19(20-13)22-7-3-6-21(8-9-22)11-17(24)14-4-5-16(23)15(10-14)18(25)26-2/h4-5,10,12,17,23-24H,3,6-9,11H2,1-2H3. The van der Waals surface area contributed by atoms with Gasteiger partial charge >= 0.3 is 5.97 Å². The number of esters is 1. The van der Waals surface area contributed by atoms with Crippen molar-refractivity contribution in [1.82, 2.24) is 9.88 Å². The molecule has 1 aliphatic rings. The second-order valence-electron chi connectivity index (χ2n) is 6.70. The van der Waals surface area contributed by atoms with Crippen molar-refractivity contribution in [3.63, 3.8) is 0 Å². The van der Waals surface area contributed by atoms with Crippen molar-refractivity contribution >= 4 is 22.4 Å². The SMILES string of the molecule is COC(=O)c1cc(C(O)CN2CCCN(c3nc(C)cs3)CC2)ccc1O. The molecule has 0 amide bonds. The number of thiazole rings is 1. The number of hydrogen-bond donors (Lipinski definition) is 2. The zero-order valence-electron chi connectivity index (χ0n) is 15.6. The Hall–Kier alpha value is -2.16. The number of phenols is 1. The van der Waals surface area contributed by atoms with Gasteiger partial charge in [-0.05, 0) is 31.0 Å². The summed E-state index contributed by atoms with van der Waals surface area (Å²) in [6.07, 6.45) is 0.247. The van der Waals surface area contributed by atoms with Gasteiger partial charge in [-0.25, -0.2) is 9.78 Å². The smallest absolute Gasteiger partial charge is 0.341 e. The molecule has 8 heteroatoms. The van der Waals surface area contributed by atoms with Crippen LogP contribution in [0, 0.1) is 6.92 Å². The summed E-state index contributed by atoms with van der Waals surface area (Å²) >= 11 is 1.66. The van der Waals surface area contributed by atoms with E-state index in [1.165, 1.54) is 19.2 Å². The van der Waals surface area contributed by atoms with Crippen molar-refractivity contribution in [2.24, 2.45) is 0 Å². The van der Waals surface area contributed by atoms with Crippen LogP contribution in [0.3, 0.4) is 0 Å². The number of ether oxygens (including phenoxy) is 1. The van der Waals surface area contributed by atoms with Crippen molar-refractivity contribution in [3.8, 4) is 5.75 Å². The molecular formula is C19H25N3O4S. The molecule has 0 radical (unpaired) electrons. The van der Waals surface area contributed by atoms with Gasteiger partial charge in [0.15, 0.2) is 5.13 Å². The number of carbonyl (C=O) groups excluding carboxylic acids is 1. The number of benzene rings is 1. The number of aryl methyl sites for hydroxylation is 1. The highest BCUT2D eigenvalue weighted by Crippen LogP contribution is 2.25. The summed E-state index contributed by atoms with van der Waals surface area (Å²) in [6, 6.07) is 4.54. The zero-order chi connectivity index (χ0) is 19.4. The Kier molecular flexibility index (Phi) is 6.30. The fourth-order valence-corrected chi connectivity index (χ4v) is 4.07. The number of rotatable bonds is 5. The highest BCUT2D eigenvalue weighted by Gasteiger charge is 2.21. The summed E-state index contributed by atoms with van der Waals surface area (Å²) < 4.78 is 4.67. The van der Waals surface area contributed by atoms with Crippen LogP contribution in [0.1, 0.15) is 34.1 Å². The maximum atomic E-state index is 11.7. The van der Waals surface area contributed by atoms with E-state index in [0.717, 1.165) is 43.4 Å². The van der Waals surface area contributed by atoms with Gasteiger partial charge in [-0.15, -0.1) is 11.3 Å². The van der Waals surface area contributed by atoms with Crippen molar-refractivity contribution < 1.29 is 19.7 Å². The average molecular weight is 391 g/mol. The van der Waals surface area contributed by atoms with Crippen LogP contribution in [-0.4, -0.2) is 65.9 Å². The summed E-state index contributed by atoms with van der Waals surface area (Å²) in [5.74, 6) is -0.771. The molecule has 3 rings (SSSR count). The Morgan fingerprint density at radius 1 is 1.33 bits per heavy atom. The third kappa shape index (κ3) is 4.77. The minimum Gasteiger partial charge on any atom is -0.507 e. The summed E-state index contributed by atoms with van der Waals surface area (Å²) in [5, 5.41) is 23.5. The number of aromatic hydroxyl groups is 1. The van der Waals surface area contributed by atoms with E-state index in [9.17, 15) is 15.0 Å². The van der Waals surface area contributed by atoms with E-state index in [4.69, 9.17) is 0 Å². The van der Waals surface area contributed by atoms with Gasteiger partial charge in [0.25, 0.3) is 0 Å². The quantitative estimate of drug-likeness (QED) is 0.756. The minimum absolute atomic E-state index is 0.0650. The molecule has 1 unspecified atom stereocenters. The molecule has 0 spiro atoms. The molecule has 1 aliphatic heterocycles. The molecule has 146 valence electrons. The van der Waals surface area contributed by atoms with Crippen molar-refractivity contribution in [2.45, 2.75) is 19.4 Å². The molecule has 1 aromatic heterocycles. The van der Waals surface area contributed by atoms with Crippen LogP contribution >= 0.6 is 11.3 Å². The lowest BCUT2D eigenvalue weighted by atomic mass is 10.0. The number of hydrogen-bond acceptors (Lipinski definition) is 8. The highest BCUT2D eigenvalue weighted by atomic mass is 32.1. The van der Waals surface area contributed by atoms with Crippen molar-refractivity contribution in [1.29, 1.82) is 0 Å². The first-order chi connectivity index (χ1) is 13.0. The van der Waals surface area contributed by atoms with Gasteiger partial charge in [0, 0.05) is 38.1 Å². The van der Waals surface area contributed by atoms with E-state index < -0.39 is 12.1 Å². The molecule has 2 N–H and O–H groups in total. The number of phenolic OH excluding ortho intramolecular Hbond substituents is 1. The molecule has 1 atom stereocenters. The van der Waals surface area contributed by atoms with E-state index in [-0.39, 0.29) is 11.3 Å². The number of carbonyl (C=O) groups is 1. The third-order valence-corrected chi connectivity index (χ3v) is 5.73. The monoisotopic (exact) mass is 391 g/mol. The molecule has 27 heavy (non-hydrogen) atoms. The van der Waals surface area contributed by atoms with Crippen LogP contribution < -0.4 is 4.90 Å². The van der Waals surface area contributed by atoms with E-state index >= 15 is 0 Å². The van der Waals surface area contributed by atoms with Crippen LogP contribution in [0.4, 0.5) is 5.13 Å². The molecule has 2 aromatic rings. The van der Waals surface area contributed by atoms with Gasteiger partial charge in [-0.2, -0.15) is 0 Å². The van der Waals surface area contributed by atoms with E-state index in [0.29, 0.717) is 12.1 Å². The van der Waals surface area contributed by atoms with Gasteiger partial charge in [-0.3, -0.25) is 4.90 Å². The predicted octanol–water partition coefficient (Wildman–Crippen LogP) is 2.19. The first kappa shape index (κ1) is 19.6. The predicted molar refractivity (Wildman–Crippen MR) is 105 cm³/mol. The molecule has 1 fully saturated rings. The Morgan fingerprint density at radius 3 is 2.85 bits per heavy atom. The molecule has 1 aromatic carbocycles. The molecule has 0 bridgehead atoms. The largest absolute Gasteiger partial charge is 0.507 e. The third-order valence-electron chi connectivity index (χ3n) is 4.71. The van der Waals surface area contributed by atoms with Crippen molar-refractivity contribution in [3.05, 3.63) is 40.4 Å². The summed E-state index contributed by atoms with van der Waals surface area (Å²) in [4.78, 5) is 20.8. The van der Waals surface area contributed by atoms with Gasteiger partial charge in [0.05, 0.1) is 18.9 Å². The highest BCUT2D eigenvalue weighted by molar-refractivity contribution is 7.13. The van der Waals surface area contributed by atoms with Gasteiger partial charge in [0.1, 0.15) is 11.3 Å². The minimum atomic E-state index is -0.748. The lowest BCUT2D eigenvalue weighted by Gasteiger charge is -2.24.